The van der Waals surface area contributed by atoms with Crippen LogP contribution in [0.2, 0.25) is 0 Å². The van der Waals surface area contributed by atoms with Crippen molar-refractivity contribution >= 4 is 23.0 Å². The summed E-state index contributed by atoms with van der Waals surface area (Å²) in [6.07, 6.45) is 9.15. The number of benzene rings is 1. The molecular weight excluding hydrogens is 402 g/mol. The number of para-hydroxylation sites is 1. The Hall–Kier alpha value is -1.37. The Bertz CT molecular complexity index is 770. The van der Waals surface area contributed by atoms with Crippen molar-refractivity contribution in [3.05, 3.63) is 30.3 Å². The van der Waals surface area contributed by atoms with E-state index in [0.29, 0.717) is 11.6 Å². The van der Waals surface area contributed by atoms with Gasteiger partial charge in [0.05, 0.1) is 6.67 Å². The molecule has 0 spiro atoms. The van der Waals surface area contributed by atoms with Crippen LogP contribution in [0.1, 0.15) is 45.4 Å². The van der Waals surface area contributed by atoms with E-state index in [4.69, 9.17) is 12.2 Å². The van der Waals surface area contributed by atoms with E-state index in [2.05, 4.69) is 62.4 Å². The number of nitrogens with one attached hydrogen (secondary N) is 1. The van der Waals surface area contributed by atoms with Gasteiger partial charge in [-0.25, -0.2) is 5.43 Å². The Kier molecular flexibility index (Phi) is 5.15. The fourth-order valence-corrected chi connectivity index (χ4v) is 8.27. The van der Waals surface area contributed by atoms with E-state index in [0.717, 1.165) is 62.3 Å². The summed E-state index contributed by atoms with van der Waals surface area (Å²) in [5, 5.41) is 3.33. The van der Waals surface area contributed by atoms with Gasteiger partial charge < -0.3 is 9.80 Å². The maximum atomic E-state index is 6.01. The number of rotatable bonds is 5. The van der Waals surface area contributed by atoms with E-state index in [1.165, 1.54) is 44.2 Å². The fourth-order valence-electron chi connectivity index (χ4n) is 7.92. The first-order valence-electron chi connectivity index (χ1n) is 12.5. The first-order valence-corrected chi connectivity index (χ1v) is 12.9. The molecule has 2 heterocycles. The average Bonchev–Trinajstić information content (AvgIpc) is 3.10. The van der Waals surface area contributed by atoms with Crippen LogP contribution in [0.4, 0.5) is 5.69 Å². The van der Waals surface area contributed by atoms with Crippen molar-refractivity contribution in [1.82, 2.24) is 20.2 Å². The molecule has 7 rings (SSSR count). The molecule has 0 radical (unpaired) electrons. The van der Waals surface area contributed by atoms with Gasteiger partial charge in [-0.2, -0.15) is 0 Å². The summed E-state index contributed by atoms with van der Waals surface area (Å²) in [7, 11) is 0. The van der Waals surface area contributed by atoms with Crippen LogP contribution >= 0.6 is 12.2 Å². The standard InChI is InChI=1S/C25H37N5S/c1-2-29-23(25-15-19-12-20(16-25)14-21(13-19)17-25)26-30(24(29)31)18-27-8-10-28(11-9-27)22-6-4-3-5-7-22/h3-7,19-21,23,26H,2,8-18H2,1H3. The first kappa shape index (κ1) is 20.3. The van der Waals surface area contributed by atoms with Crippen molar-refractivity contribution in [2.45, 2.75) is 51.6 Å². The average molecular weight is 440 g/mol. The molecular formula is C25H37N5S. The third-order valence-corrected chi connectivity index (χ3v) is 9.36. The van der Waals surface area contributed by atoms with Crippen molar-refractivity contribution in [1.29, 1.82) is 0 Å². The van der Waals surface area contributed by atoms with E-state index in [1.54, 1.807) is 0 Å². The highest BCUT2D eigenvalue weighted by atomic mass is 32.1. The minimum Gasteiger partial charge on any atom is -0.369 e. The summed E-state index contributed by atoms with van der Waals surface area (Å²) in [6.45, 7) is 8.54. The topological polar surface area (TPSA) is 25.0 Å². The Labute approximate surface area is 192 Å². The summed E-state index contributed by atoms with van der Waals surface area (Å²) in [5.41, 5.74) is 5.74. The molecule has 1 atom stereocenters. The van der Waals surface area contributed by atoms with E-state index in [-0.39, 0.29) is 0 Å². The van der Waals surface area contributed by atoms with Gasteiger partial charge in [-0.05, 0) is 87.6 Å². The Morgan fingerprint density at radius 2 is 1.55 bits per heavy atom. The third kappa shape index (κ3) is 3.55. The molecule has 1 N–H and O–H groups in total. The lowest BCUT2D eigenvalue weighted by Gasteiger charge is -2.59. The normalized spacial score (nSPS) is 37.8. The molecule has 168 valence electrons. The van der Waals surface area contributed by atoms with Crippen LogP contribution in [0.15, 0.2) is 30.3 Å². The zero-order valence-corrected chi connectivity index (χ0v) is 19.7. The van der Waals surface area contributed by atoms with Crippen LogP contribution < -0.4 is 10.3 Å². The van der Waals surface area contributed by atoms with Crippen LogP contribution in [0, 0.1) is 23.2 Å². The second-order valence-electron chi connectivity index (χ2n) is 10.9. The van der Waals surface area contributed by atoms with Crippen LogP contribution in [-0.2, 0) is 0 Å². The molecule has 31 heavy (non-hydrogen) atoms. The lowest BCUT2D eigenvalue weighted by molar-refractivity contribution is -0.0977. The molecule has 0 amide bonds. The van der Waals surface area contributed by atoms with Gasteiger partial charge in [-0.1, -0.05) is 18.2 Å². The number of thiocarbonyl (C=S) groups is 1. The summed E-state index contributed by atoms with van der Waals surface area (Å²) in [6, 6.07) is 10.8. The predicted octanol–water partition coefficient (Wildman–Crippen LogP) is 3.74. The predicted molar refractivity (Wildman–Crippen MR) is 129 cm³/mol. The lowest BCUT2D eigenvalue weighted by Crippen LogP contribution is -2.59. The molecule has 1 aromatic rings. The smallest absolute Gasteiger partial charge is 0.188 e. The van der Waals surface area contributed by atoms with Gasteiger partial charge in [0.25, 0.3) is 0 Å². The maximum Gasteiger partial charge on any atom is 0.188 e. The molecule has 4 aliphatic carbocycles. The highest BCUT2D eigenvalue weighted by molar-refractivity contribution is 7.80. The number of hydrogen-bond acceptors (Lipinski definition) is 4. The molecule has 6 heteroatoms. The minimum atomic E-state index is 0.406. The van der Waals surface area contributed by atoms with Crippen LogP contribution in [0.5, 0.6) is 0 Å². The number of hydrogen-bond donors (Lipinski definition) is 1. The van der Waals surface area contributed by atoms with E-state index >= 15 is 0 Å². The first-order chi connectivity index (χ1) is 15.1. The Morgan fingerprint density at radius 1 is 0.935 bits per heavy atom. The molecule has 6 aliphatic rings. The van der Waals surface area contributed by atoms with Gasteiger partial charge in [0, 0.05) is 43.8 Å². The largest absolute Gasteiger partial charge is 0.369 e. The number of nitrogens with zero attached hydrogens (tertiary/aromatic N) is 4. The highest BCUT2D eigenvalue weighted by Gasteiger charge is 2.57. The van der Waals surface area contributed by atoms with Crippen molar-refractivity contribution in [3.63, 3.8) is 0 Å². The number of anilines is 1. The van der Waals surface area contributed by atoms with E-state index in [1.807, 2.05) is 0 Å². The molecule has 4 bridgehead atoms. The van der Waals surface area contributed by atoms with Crippen molar-refractivity contribution in [2.24, 2.45) is 23.2 Å². The zero-order valence-electron chi connectivity index (χ0n) is 18.9. The maximum absolute atomic E-state index is 6.01. The Balaban J connectivity index is 1.12. The minimum absolute atomic E-state index is 0.406. The highest BCUT2D eigenvalue weighted by Crippen LogP contribution is 2.62. The second-order valence-corrected chi connectivity index (χ2v) is 11.3. The monoisotopic (exact) mass is 439 g/mol. The van der Waals surface area contributed by atoms with Gasteiger partial charge >= 0.3 is 0 Å². The Morgan fingerprint density at radius 3 is 2.13 bits per heavy atom. The fraction of sp³-hybridized carbons (Fsp3) is 0.720. The van der Waals surface area contributed by atoms with Crippen molar-refractivity contribution in [3.8, 4) is 0 Å². The summed E-state index contributed by atoms with van der Waals surface area (Å²) in [5.74, 6) is 2.92. The summed E-state index contributed by atoms with van der Waals surface area (Å²) < 4.78 is 0. The molecule has 4 saturated carbocycles. The van der Waals surface area contributed by atoms with Crippen molar-refractivity contribution in [2.75, 3.05) is 44.3 Å². The summed E-state index contributed by atoms with van der Waals surface area (Å²) >= 11 is 6.01. The molecule has 2 aliphatic heterocycles. The molecule has 6 fully saturated rings. The lowest BCUT2D eigenvalue weighted by atomic mass is 9.48. The van der Waals surface area contributed by atoms with Gasteiger partial charge in [0.1, 0.15) is 6.17 Å². The third-order valence-electron chi connectivity index (χ3n) is 8.91. The zero-order chi connectivity index (χ0) is 21.0. The molecule has 0 aromatic heterocycles. The SMILES string of the molecule is CCN1C(=S)N(CN2CCN(c3ccccc3)CC2)NC1C12CC3CC(CC(C3)C1)C2. The number of hydrazine groups is 1. The van der Waals surface area contributed by atoms with Gasteiger partial charge in [0.2, 0.25) is 0 Å². The van der Waals surface area contributed by atoms with Crippen LogP contribution in [0.3, 0.4) is 0 Å². The van der Waals surface area contributed by atoms with Crippen LogP contribution in [0.25, 0.3) is 0 Å². The van der Waals surface area contributed by atoms with Gasteiger partial charge in [-0.15, -0.1) is 0 Å². The van der Waals surface area contributed by atoms with E-state index < -0.39 is 0 Å². The van der Waals surface area contributed by atoms with Crippen molar-refractivity contribution < 1.29 is 0 Å². The van der Waals surface area contributed by atoms with Crippen LogP contribution in [-0.4, -0.2) is 65.5 Å². The molecule has 1 unspecified atom stereocenters. The quantitative estimate of drug-likeness (QED) is 0.702. The molecule has 1 aromatic carbocycles. The molecule has 5 nitrogen and oxygen atoms in total. The number of piperazine rings is 1. The summed E-state index contributed by atoms with van der Waals surface area (Å²) in [4.78, 5) is 7.58. The van der Waals surface area contributed by atoms with E-state index in [9.17, 15) is 0 Å². The van der Waals surface area contributed by atoms with Gasteiger partial charge in [-0.3, -0.25) is 9.91 Å². The second kappa shape index (κ2) is 7.89. The van der Waals surface area contributed by atoms with Gasteiger partial charge in [0.15, 0.2) is 5.11 Å². The molecule has 2 saturated heterocycles.